The number of hydrogen-bond donors (Lipinski definition) is 2. The minimum absolute atomic E-state index is 0.149. The first kappa shape index (κ1) is 10.9. The second-order valence-electron chi connectivity index (χ2n) is 4.13. The molecule has 2 N–H and O–H groups in total. The van der Waals surface area contributed by atoms with Gasteiger partial charge in [-0.3, -0.25) is 0 Å². The molecule has 1 fully saturated rings. The molecule has 1 aromatic rings. The molecule has 1 saturated carbocycles. The highest BCUT2D eigenvalue weighted by molar-refractivity contribution is 5.39. The summed E-state index contributed by atoms with van der Waals surface area (Å²) < 4.78 is 5.28. The van der Waals surface area contributed by atoms with Gasteiger partial charge in [-0.25, -0.2) is 0 Å². The van der Waals surface area contributed by atoms with Crippen LogP contribution in [0.15, 0.2) is 0 Å². The average molecular weight is 223 g/mol. The Morgan fingerprint density at radius 1 is 1.25 bits per heavy atom. The Morgan fingerprint density at radius 2 is 1.94 bits per heavy atom. The van der Waals surface area contributed by atoms with Crippen LogP contribution in [0.3, 0.4) is 0 Å². The van der Waals surface area contributed by atoms with Crippen LogP contribution in [0.2, 0.25) is 0 Å². The van der Waals surface area contributed by atoms with Crippen LogP contribution < -0.4 is 15.4 Å². The molecule has 16 heavy (non-hydrogen) atoms. The molecular weight excluding hydrogens is 206 g/mol. The van der Waals surface area contributed by atoms with E-state index in [0.29, 0.717) is 24.5 Å². The van der Waals surface area contributed by atoms with E-state index in [1.807, 2.05) is 6.92 Å². The molecule has 0 aliphatic heterocycles. The number of anilines is 2. The van der Waals surface area contributed by atoms with E-state index in [0.717, 1.165) is 12.8 Å². The molecule has 0 amide bonds. The monoisotopic (exact) mass is 223 g/mol. The Labute approximate surface area is 94.9 Å². The third-order valence-corrected chi connectivity index (χ3v) is 2.53. The third kappa shape index (κ3) is 2.50. The van der Waals surface area contributed by atoms with E-state index in [2.05, 4.69) is 32.5 Å². The fraction of sp³-hybridized carbons (Fsp3) is 0.700. The maximum absolute atomic E-state index is 5.28. The van der Waals surface area contributed by atoms with Gasteiger partial charge in [-0.1, -0.05) is 0 Å². The van der Waals surface area contributed by atoms with E-state index < -0.39 is 0 Å². The van der Waals surface area contributed by atoms with Crippen molar-refractivity contribution in [3.05, 3.63) is 0 Å². The summed E-state index contributed by atoms with van der Waals surface area (Å²) in [7, 11) is 1.77. The Morgan fingerprint density at radius 3 is 2.50 bits per heavy atom. The lowest BCUT2D eigenvalue weighted by atomic mass is 10.3. The summed E-state index contributed by atoms with van der Waals surface area (Å²) in [5.74, 6) is 1.09. The minimum atomic E-state index is 0.149. The van der Waals surface area contributed by atoms with Crippen molar-refractivity contribution in [2.75, 3.05) is 24.3 Å². The maximum atomic E-state index is 5.28. The van der Waals surface area contributed by atoms with E-state index in [4.69, 9.17) is 4.74 Å². The van der Waals surface area contributed by atoms with Crippen LogP contribution in [0.1, 0.15) is 26.7 Å². The predicted octanol–water partition coefficient (Wildman–Crippen LogP) is 1.28. The summed E-state index contributed by atoms with van der Waals surface area (Å²) in [6, 6.07) is 0.355. The molecule has 1 aliphatic carbocycles. The van der Waals surface area contributed by atoms with Crippen molar-refractivity contribution in [3.8, 4) is 6.01 Å². The van der Waals surface area contributed by atoms with Gasteiger partial charge < -0.3 is 15.4 Å². The topological polar surface area (TPSA) is 72.0 Å². The molecule has 0 saturated heterocycles. The predicted molar refractivity (Wildman–Crippen MR) is 61.8 cm³/mol. The number of ether oxygens (including phenoxy) is 1. The van der Waals surface area contributed by atoms with Crippen molar-refractivity contribution >= 4 is 11.9 Å². The highest BCUT2D eigenvalue weighted by atomic mass is 16.5. The maximum Gasteiger partial charge on any atom is 0.323 e. The Kier molecular flexibility index (Phi) is 2.80. The lowest BCUT2D eigenvalue weighted by molar-refractivity contribution is 0.312. The van der Waals surface area contributed by atoms with Crippen molar-refractivity contribution in [2.24, 2.45) is 0 Å². The fourth-order valence-corrected chi connectivity index (χ4v) is 1.30. The van der Waals surface area contributed by atoms with Gasteiger partial charge in [0.1, 0.15) is 0 Å². The van der Waals surface area contributed by atoms with Gasteiger partial charge in [0.2, 0.25) is 11.9 Å². The quantitative estimate of drug-likeness (QED) is 0.783. The first-order valence-corrected chi connectivity index (χ1v) is 5.50. The summed E-state index contributed by atoms with van der Waals surface area (Å²) in [5, 5.41) is 6.17. The Bertz CT molecular complexity index is 377. The normalized spacial score (nSPS) is 16.7. The third-order valence-electron chi connectivity index (χ3n) is 2.53. The summed E-state index contributed by atoms with van der Waals surface area (Å²) >= 11 is 0. The molecule has 0 radical (unpaired) electrons. The fourth-order valence-electron chi connectivity index (χ4n) is 1.30. The van der Waals surface area contributed by atoms with Crippen LogP contribution in [0, 0.1) is 0 Å². The molecule has 1 aliphatic rings. The van der Waals surface area contributed by atoms with Gasteiger partial charge in [0.15, 0.2) is 0 Å². The second kappa shape index (κ2) is 4.11. The molecule has 1 heterocycles. The highest BCUT2D eigenvalue weighted by Crippen LogP contribution is 2.37. The van der Waals surface area contributed by atoms with Crippen molar-refractivity contribution in [2.45, 2.75) is 32.2 Å². The van der Waals surface area contributed by atoms with Gasteiger partial charge in [0.05, 0.1) is 6.61 Å². The number of nitrogens with zero attached hydrogens (tertiary/aromatic N) is 3. The van der Waals surface area contributed by atoms with Crippen LogP contribution in [0.4, 0.5) is 11.9 Å². The molecule has 88 valence electrons. The molecule has 6 nitrogen and oxygen atoms in total. The smallest absolute Gasteiger partial charge is 0.323 e. The molecule has 0 bridgehead atoms. The zero-order chi connectivity index (χ0) is 11.6. The average Bonchev–Trinajstić information content (AvgIpc) is 2.96. The van der Waals surface area contributed by atoms with E-state index in [1.165, 1.54) is 0 Å². The Hall–Kier alpha value is -1.59. The summed E-state index contributed by atoms with van der Waals surface area (Å²) in [4.78, 5) is 12.5. The van der Waals surface area contributed by atoms with Crippen LogP contribution >= 0.6 is 0 Å². The van der Waals surface area contributed by atoms with Crippen LogP contribution in [-0.2, 0) is 0 Å². The zero-order valence-corrected chi connectivity index (χ0v) is 9.87. The van der Waals surface area contributed by atoms with Crippen molar-refractivity contribution in [3.63, 3.8) is 0 Å². The number of hydrogen-bond acceptors (Lipinski definition) is 6. The van der Waals surface area contributed by atoms with E-state index >= 15 is 0 Å². The van der Waals surface area contributed by atoms with Gasteiger partial charge in [0.25, 0.3) is 0 Å². The van der Waals surface area contributed by atoms with E-state index in [-0.39, 0.29) is 5.54 Å². The van der Waals surface area contributed by atoms with Gasteiger partial charge in [-0.2, -0.15) is 15.0 Å². The van der Waals surface area contributed by atoms with Gasteiger partial charge >= 0.3 is 6.01 Å². The zero-order valence-electron chi connectivity index (χ0n) is 9.87. The van der Waals surface area contributed by atoms with Crippen molar-refractivity contribution < 1.29 is 4.74 Å². The van der Waals surface area contributed by atoms with Crippen molar-refractivity contribution in [1.82, 2.24) is 15.0 Å². The molecule has 0 spiro atoms. The second-order valence-corrected chi connectivity index (χ2v) is 4.13. The minimum Gasteiger partial charge on any atom is -0.464 e. The van der Waals surface area contributed by atoms with Gasteiger partial charge in [-0.15, -0.1) is 0 Å². The molecule has 0 atom stereocenters. The standard InChI is InChI=1S/C10H17N5O/c1-4-16-9-13-7(11-3)12-8(14-9)15-10(2)5-6-10/h4-6H2,1-3H3,(H2,11,12,13,14,15). The van der Waals surface area contributed by atoms with E-state index in [1.54, 1.807) is 7.05 Å². The first-order valence-electron chi connectivity index (χ1n) is 5.50. The molecule has 0 unspecified atom stereocenters. The number of nitrogens with one attached hydrogen (secondary N) is 2. The van der Waals surface area contributed by atoms with Gasteiger partial charge in [0, 0.05) is 12.6 Å². The molecular formula is C10H17N5O. The lowest BCUT2D eigenvalue weighted by Gasteiger charge is -2.12. The van der Waals surface area contributed by atoms with E-state index in [9.17, 15) is 0 Å². The number of aromatic nitrogens is 3. The SMILES string of the molecule is CCOc1nc(NC)nc(NC2(C)CC2)n1. The largest absolute Gasteiger partial charge is 0.464 e. The molecule has 2 rings (SSSR count). The summed E-state index contributed by atoms with van der Waals surface area (Å²) in [5.41, 5.74) is 0.149. The summed E-state index contributed by atoms with van der Waals surface area (Å²) in [6.07, 6.45) is 2.30. The van der Waals surface area contributed by atoms with Crippen LogP contribution in [0.5, 0.6) is 6.01 Å². The number of rotatable bonds is 5. The highest BCUT2D eigenvalue weighted by Gasteiger charge is 2.38. The molecule has 6 heteroatoms. The molecule has 0 aromatic carbocycles. The van der Waals surface area contributed by atoms with Crippen LogP contribution in [-0.4, -0.2) is 34.1 Å². The Balaban J connectivity index is 2.18. The van der Waals surface area contributed by atoms with Crippen molar-refractivity contribution in [1.29, 1.82) is 0 Å². The lowest BCUT2D eigenvalue weighted by Crippen LogP contribution is -2.19. The van der Waals surface area contributed by atoms with Gasteiger partial charge in [-0.05, 0) is 26.7 Å². The van der Waals surface area contributed by atoms with Crippen LogP contribution in [0.25, 0.3) is 0 Å². The molecule has 1 aromatic heterocycles. The summed E-state index contributed by atoms with van der Waals surface area (Å²) in [6.45, 7) is 4.60. The first-order chi connectivity index (χ1) is 7.65.